The highest BCUT2D eigenvalue weighted by atomic mass is 16.3. The molecule has 78 heavy (non-hydrogen) atoms. The smallest absolute Gasteiger partial charge is 0.253 e. The first-order valence-electron chi connectivity index (χ1n) is 27.8. The van der Waals surface area contributed by atoms with Crippen molar-refractivity contribution >= 4 is 45.3 Å². The lowest BCUT2D eigenvalue weighted by atomic mass is 9.89. The molecule has 14 nitrogen and oxygen atoms in total. The fourth-order valence-corrected chi connectivity index (χ4v) is 12.8. The van der Waals surface area contributed by atoms with Gasteiger partial charge in [0.2, 0.25) is 0 Å². The number of benzene rings is 4. The molecule has 0 radical (unpaired) electrons. The first-order valence-corrected chi connectivity index (χ1v) is 27.8. The lowest BCUT2D eigenvalue weighted by Gasteiger charge is -2.46. The molecule has 4 aromatic carbocycles. The maximum Gasteiger partial charge on any atom is 0.253 e. The summed E-state index contributed by atoms with van der Waals surface area (Å²) >= 11 is 0. The van der Waals surface area contributed by atoms with Gasteiger partial charge in [-0.2, -0.15) is 0 Å². The highest BCUT2D eigenvalue weighted by Crippen LogP contribution is 2.42. The molecular weight excluding hydrogens is 973 g/mol. The summed E-state index contributed by atoms with van der Waals surface area (Å²) in [5, 5.41) is 21.4. The number of pyridine rings is 2. The fourth-order valence-electron chi connectivity index (χ4n) is 12.8. The molecule has 12 rings (SSSR count). The third-order valence-electron chi connectivity index (χ3n) is 16.6. The molecule has 2 amide bonds. The third-order valence-corrected chi connectivity index (χ3v) is 16.6. The van der Waals surface area contributed by atoms with Crippen molar-refractivity contribution in [1.29, 1.82) is 0 Å². The number of aliphatic hydroxyl groups excluding tert-OH is 2. The predicted octanol–water partition coefficient (Wildman–Crippen LogP) is 9.45. The molecule has 14 heteroatoms. The molecule has 0 aliphatic carbocycles. The first kappa shape index (κ1) is 52.7. The number of carbonyl (C=O) groups is 2. The van der Waals surface area contributed by atoms with Crippen LogP contribution in [0.15, 0.2) is 110 Å². The molecule has 4 aliphatic heterocycles. The van der Waals surface area contributed by atoms with Gasteiger partial charge in [-0.3, -0.25) is 9.59 Å². The molecule has 4 atom stereocenters. The van der Waals surface area contributed by atoms with Crippen LogP contribution in [0, 0.1) is 13.8 Å². The number of aromatic amines is 2. The molecule has 404 valence electrons. The number of aromatic nitrogens is 4. The number of anilines is 2. The number of nitrogens with one attached hydrogen (secondary N) is 2. The minimum atomic E-state index is -0.561. The number of carbonyl (C=O) groups excluding carboxylic acids is 2. The number of H-pyrrole nitrogens is 2. The maximum absolute atomic E-state index is 12.7. The van der Waals surface area contributed by atoms with Gasteiger partial charge < -0.3 is 49.6 Å². The van der Waals surface area contributed by atoms with Crippen LogP contribution in [-0.4, -0.2) is 166 Å². The van der Waals surface area contributed by atoms with Crippen molar-refractivity contribution in [2.45, 2.75) is 77.7 Å². The molecular formula is C64H74N10O4. The Morgan fingerprint density at radius 3 is 1.36 bits per heavy atom. The van der Waals surface area contributed by atoms with Gasteiger partial charge in [-0.05, 0) is 173 Å². The van der Waals surface area contributed by atoms with Crippen molar-refractivity contribution in [3.63, 3.8) is 0 Å². The number of likely N-dealkylation sites (N-methyl/N-ethyl adjacent to an activating group) is 4. The van der Waals surface area contributed by atoms with Crippen molar-refractivity contribution in [3.8, 4) is 44.5 Å². The van der Waals surface area contributed by atoms with Crippen LogP contribution in [0.4, 0.5) is 11.4 Å². The Balaban J connectivity index is 0.000000165. The summed E-state index contributed by atoms with van der Waals surface area (Å²) in [7, 11) is 7.88. The Morgan fingerprint density at radius 2 is 0.974 bits per heavy atom. The molecule has 0 spiro atoms. The molecule has 0 bridgehead atoms. The monoisotopic (exact) mass is 1050 g/mol. The SMILES string of the molecule is Cc1cc(-c2cnc3[nH]cc(-c4ccc(C(=O)N(C)C[C@H](C)O)cc4)c3c2)cc2c1N1CCN(C)C[C@@H]1CC2.Cc1cc(-c2cnc3[nH]cc(-c4ccc(C(=O)N(C)C[C@H](C)O)cc4)c3c2)cc2c1N1CCN(C)C[C@H]1CC2. The quantitative estimate of drug-likeness (QED) is 0.104. The van der Waals surface area contributed by atoms with Gasteiger partial charge in [0.05, 0.1) is 12.2 Å². The van der Waals surface area contributed by atoms with Crippen LogP contribution in [0.1, 0.15) is 69.7 Å². The lowest BCUT2D eigenvalue weighted by Crippen LogP contribution is -2.54. The number of amides is 2. The molecule has 0 saturated carbocycles. The molecule has 0 unspecified atom stereocenters. The molecule has 4 N–H and O–H groups in total. The Kier molecular flexibility index (Phi) is 14.7. The van der Waals surface area contributed by atoms with Gasteiger partial charge in [-0.25, -0.2) is 9.97 Å². The van der Waals surface area contributed by atoms with E-state index in [-0.39, 0.29) is 11.8 Å². The van der Waals surface area contributed by atoms with E-state index in [1.165, 1.54) is 57.6 Å². The summed E-state index contributed by atoms with van der Waals surface area (Å²) < 4.78 is 0. The minimum Gasteiger partial charge on any atom is -0.392 e. The third kappa shape index (κ3) is 10.5. The van der Waals surface area contributed by atoms with E-state index in [9.17, 15) is 19.8 Å². The molecule has 4 aromatic heterocycles. The second kappa shape index (κ2) is 21.8. The maximum atomic E-state index is 12.7. The summed E-state index contributed by atoms with van der Waals surface area (Å²) in [6.45, 7) is 15.2. The summed E-state index contributed by atoms with van der Waals surface area (Å²) in [6, 6.07) is 30.4. The number of rotatable bonds is 10. The number of piperazine rings is 2. The van der Waals surface area contributed by atoms with Crippen LogP contribution in [0.3, 0.4) is 0 Å². The molecule has 2 saturated heterocycles. The molecule has 4 aliphatic rings. The second-order valence-electron chi connectivity index (χ2n) is 22.8. The molecule has 8 aromatic rings. The number of aliphatic hydroxyl groups is 2. The Morgan fingerprint density at radius 1 is 0.577 bits per heavy atom. The number of aryl methyl sites for hydroxylation is 4. The van der Waals surface area contributed by atoms with E-state index in [2.05, 4.69) is 93.9 Å². The topological polar surface area (TPSA) is 151 Å². The fraction of sp³-hybridized carbons (Fsp3) is 0.375. The second-order valence-corrected chi connectivity index (χ2v) is 22.8. The average molecular weight is 1050 g/mol. The van der Waals surface area contributed by atoms with E-state index in [1.807, 2.05) is 73.3 Å². The lowest BCUT2D eigenvalue weighted by molar-refractivity contribution is 0.0700. The average Bonchev–Trinajstić information content (AvgIpc) is 4.17. The molecule has 8 heterocycles. The summed E-state index contributed by atoms with van der Waals surface area (Å²) in [5.41, 5.74) is 20.2. The van der Waals surface area contributed by atoms with Gasteiger partial charge >= 0.3 is 0 Å². The van der Waals surface area contributed by atoms with E-state index >= 15 is 0 Å². The highest BCUT2D eigenvalue weighted by Gasteiger charge is 2.33. The zero-order chi connectivity index (χ0) is 54.5. The normalized spacial score (nSPS) is 18.1. The van der Waals surface area contributed by atoms with Crippen LogP contribution in [0.5, 0.6) is 0 Å². The van der Waals surface area contributed by atoms with E-state index in [4.69, 9.17) is 9.97 Å². The van der Waals surface area contributed by atoms with Crippen molar-refractivity contribution in [3.05, 3.63) is 143 Å². The van der Waals surface area contributed by atoms with E-state index in [1.54, 1.807) is 37.7 Å². The van der Waals surface area contributed by atoms with Crippen molar-refractivity contribution < 1.29 is 19.8 Å². The summed E-state index contributed by atoms with van der Waals surface area (Å²) in [5.74, 6) is -0.202. The molecule has 2 fully saturated rings. The summed E-state index contributed by atoms with van der Waals surface area (Å²) in [4.78, 5) is 54.8. The summed E-state index contributed by atoms with van der Waals surface area (Å²) in [6.07, 6.45) is 11.4. The van der Waals surface area contributed by atoms with Gasteiger partial charge in [0, 0.05) is 159 Å². The highest BCUT2D eigenvalue weighted by molar-refractivity contribution is 6.00. The van der Waals surface area contributed by atoms with Gasteiger partial charge in [0.1, 0.15) is 11.3 Å². The zero-order valence-corrected chi connectivity index (χ0v) is 46.5. The number of hydrogen-bond donors (Lipinski definition) is 4. The van der Waals surface area contributed by atoms with Crippen molar-refractivity contribution in [1.82, 2.24) is 39.5 Å². The van der Waals surface area contributed by atoms with Crippen molar-refractivity contribution in [2.75, 3.05) is 90.3 Å². The Labute approximate surface area is 458 Å². The van der Waals surface area contributed by atoms with Crippen molar-refractivity contribution in [2.24, 2.45) is 0 Å². The van der Waals surface area contributed by atoms with Crippen LogP contribution >= 0.6 is 0 Å². The van der Waals surface area contributed by atoms with E-state index in [0.29, 0.717) is 36.3 Å². The van der Waals surface area contributed by atoms with Gasteiger partial charge in [0.25, 0.3) is 11.8 Å². The number of fused-ring (bicyclic) bond motifs is 8. The van der Waals surface area contributed by atoms with E-state index in [0.717, 1.165) is 108 Å². The van der Waals surface area contributed by atoms with Crippen LogP contribution in [0.25, 0.3) is 66.6 Å². The zero-order valence-electron chi connectivity index (χ0n) is 46.5. The Bertz CT molecular complexity index is 3280. The minimum absolute atomic E-state index is 0.101. The number of nitrogens with zero attached hydrogens (tertiary/aromatic N) is 8. The largest absolute Gasteiger partial charge is 0.392 e. The van der Waals surface area contributed by atoms with Crippen LogP contribution in [0.2, 0.25) is 0 Å². The predicted molar refractivity (Wildman–Crippen MR) is 315 cm³/mol. The van der Waals surface area contributed by atoms with Crippen LogP contribution in [-0.2, 0) is 12.8 Å². The first-order chi connectivity index (χ1) is 37.6. The van der Waals surface area contributed by atoms with Gasteiger partial charge in [0.15, 0.2) is 0 Å². The Hall–Kier alpha value is -7.36. The van der Waals surface area contributed by atoms with Gasteiger partial charge in [-0.15, -0.1) is 0 Å². The van der Waals surface area contributed by atoms with Crippen LogP contribution < -0.4 is 9.80 Å². The standard InChI is InChI=1S/2C32H37N5O2/c2*1-20-13-25(14-24-9-10-27-19-35(3)11-12-37(27)30(20)24)26-15-28-29(17-34-31(28)33-16-26)22-5-7-23(8-6-22)32(39)36(4)18-21(2)38/h2*5-8,13-17,21,27,38H,9-12,18-19H2,1-4H3,(H,33,34)/t21-,27+;21-,27-/m00/s1. The number of hydrogen-bond acceptors (Lipinski definition) is 10. The van der Waals surface area contributed by atoms with E-state index < -0.39 is 12.2 Å². The van der Waals surface area contributed by atoms with Gasteiger partial charge in [-0.1, -0.05) is 24.3 Å².